The number of methoxy groups -OCH3 is 3. The molecule has 1 fully saturated rings. The third-order valence-corrected chi connectivity index (χ3v) is 5.23. The van der Waals surface area contributed by atoms with Gasteiger partial charge < -0.3 is 38.5 Å². The molecule has 0 aliphatic carbocycles. The van der Waals surface area contributed by atoms with E-state index in [0.717, 1.165) is 42.1 Å². The Kier molecular flexibility index (Phi) is 11.7. The van der Waals surface area contributed by atoms with Crippen LogP contribution in [0.2, 0.25) is 0 Å². The van der Waals surface area contributed by atoms with Gasteiger partial charge in [-0.2, -0.15) is 0 Å². The fourth-order valence-corrected chi connectivity index (χ4v) is 3.87. The number of hydrogen-bond donors (Lipinski definition) is 1. The Labute approximate surface area is 208 Å². The first kappa shape index (κ1) is 30.8. The summed E-state index contributed by atoms with van der Waals surface area (Å²) in [4.78, 5) is 72.4. The van der Waals surface area contributed by atoms with Gasteiger partial charge in [-0.1, -0.05) is 0 Å². The third-order valence-electron chi connectivity index (χ3n) is 5.23. The Balaban J connectivity index is 3.71. The maximum atomic E-state index is 12.7. The normalized spacial score (nSPS) is 24.9. The molecule has 0 aromatic rings. The van der Waals surface area contributed by atoms with Crippen molar-refractivity contribution in [2.75, 3.05) is 21.3 Å². The van der Waals surface area contributed by atoms with E-state index < -0.39 is 78.4 Å². The van der Waals surface area contributed by atoms with Gasteiger partial charge in [-0.05, 0) is 6.42 Å². The number of rotatable bonds is 11. The van der Waals surface area contributed by atoms with Crippen molar-refractivity contribution < 1.29 is 61.9 Å². The predicted molar refractivity (Wildman–Crippen MR) is 117 cm³/mol. The molecular formula is C22H33NO13. The molecule has 1 aliphatic heterocycles. The molecule has 1 saturated heterocycles. The van der Waals surface area contributed by atoms with Crippen LogP contribution in [-0.2, 0) is 61.9 Å². The molecule has 1 N–H and O–H groups in total. The van der Waals surface area contributed by atoms with Crippen molar-refractivity contribution in [1.29, 1.82) is 0 Å². The zero-order valence-corrected chi connectivity index (χ0v) is 21.3. The summed E-state index contributed by atoms with van der Waals surface area (Å²) in [5.41, 5.74) is 0. The molecule has 36 heavy (non-hydrogen) atoms. The lowest BCUT2D eigenvalue weighted by atomic mass is 9.87. The van der Waals surface area contributed by atoms with E-state index in [1.54, 1.807) is 0 Å². The predicted octanol–water partition coefficient (Wildman–Crippen LogP) is -0.456. The van der Waals surface area contributed by atoms with Crippen molar-refractivity contribution in [3.05, 3.63) is 0 Å². The monoisotopic (exact) mass is 519 g/mol. The molecule has 0 unspecified atom stereocenters. The number of nitrogens with one attached hydrogen (secondary N) is 1. The van der Waals surface area contributed by atoms with Gasteiger partial charge >= 0.3 is 29.8 Å². The lowest BCUT2D eigenvalue weighted by molar-refractivity contribution is -0.306. The average molecular weight is 520 g/mol. The van der Waals surface area contributed by atoms with E-state index >= 15 is 0 Å². The van der Waals surface area contributed by atoms with E-state index in [2.05, 4.69) is 10.1 Å². The van der Waals surface area contributed by atoms with Crippen LogP contribution in [0, 0.1) is 0 Å². The summed E-state index contributed by atoms with van der Waals surface area (Å²) in [7, 11) is 3.37. The van der Waals surface area contributed by atoms with Crippen LogP contribution >= 0.6 is 0 Å². The minimum Gasteiger partial charge on any atom is -0.469 e. The molecule has 14 nitrogen and oxygen atoms in total. The highest BCUT2D eigenvalue weighted by Gasteiger charge is 2.58. The first-order chi connectivity index (χ1) is 16.8. The Morgan fingerprint density at radius 2 is 1.53 bits per heavy atom. The van der Waals surface area contributed by atoms with E-state index in [0.29, 0.717) is 0 Å². The van der Waals surface area contributed by atoms with Crippen LogP contribution in [0.15, 0.2) is 0 Å². The molecule has 0 bridgehead atoms. The van der Waals surface area contributed by atoms with Gasteiger partial charge in [-0.3, -0.25) is 24.0 Å². The van der Waals surface area contributed by atoms with Crippen LogP contribution in [0.4, 0.5) is 0 Å². The largest absolute Gasteiger partial charge is 0.469 e. The van der Waals surface area contributed by atoms with E-state index in [-0.39, 0.29) is 12.8 Å². The second kappa shape index (κ2) is 13.7. The van der Waals surface area contributed by atoms with Gasteiger partial charge in [0.25, 0.3) is 5.79 Å². The van der Waals surface area contributed by atoms with Crippen molar-refractivity contribution in [3.8, 4) is 0 Å². The summed E-state index contributed by atoms with van der Waals surface area (Å²) in [5.74, 6) is -6.75. The molecule has 0 saturated carbocycles. The fraction of sp³-hybridized carbons (Fsp3) is 0.727. The first-order valence-corrected chi connectivity index (χ1v) is 11.0. The summed E-state index contributed by atoms with van der Waals surface area (Å²) >= 11 is 0. The number of esters is 5. The summed E-state index contributed by atoms with van der Waals surface area (Å²) in [6.45, 7) is 4.46. The highest BCUT2D eigenvalue weighted by Crippen LogP contribution is 2.37. The number of hydrogen-bond acceptors (Lipinski definition) is 13. The van der Waals surface area contributed by atoms with E-state index in [1.165, 1.54) is 6.92 Å². The number of carbonyl (C=O) groups is 6. The molecule has 0 spiro atoms. The maximum absolute atomic E-state index is 12.7. The Hall–Kier alpha value is -3.26. The number of ether oxygens (including phenoxy) is 7. The van der Waals surface area contributed by atoms with E-state index in [9.17, 15) is 28.8 Å². The third kappa shape index (κ3) is 8.45. The molecule has 1 rings (SSSR count). The quantitative estimate of drug-likeness (QED) is 0.274. The molecule has 204 valence electrons. The smallest absolute Gasteiger partial charge is 0.366 e. The SMILES string of the molecule is COC(=O)CC[C@@H](OC(C)=O)[C@@H](OC(C)=O)[C@@H]1O[C@](OC)(C(=O)OC)C[C@H](OC(C)=O)[C@H]1NC(C)=O. The van der Waals surface area contributed by atoms with Crippen LogP contribution in [0.3, 0.4) is 0 Å². The van der Waals surface area contributed by atoms with E-state index in [4.69, 9.17) is 28.4 Å². The molecule has 14 heteroatoms. The zero-order chi connectivity index (χ0) is 27.6. The highest BCUT2D eigenvalue weighted by atomic mass is 16.7. The molecule has 0 aromatic heterocycles. The number of carbonyl (C=O) groups excluding carboxylic acids is 6. The van der Waals surface area contributed by atoms with Crippen molar-refractivity contribution in [2.45, 2.75) is 83.2 Å². The number of amides is 1. The maximum Gasteiger partial charge on any atom is 0.366 e. The summed E-state index contributed by atoms with van der Waals surface area (Å²) in [6, 6.07) is -1.21. The summed E-state index contributed by atoms with van der Waals surface area (Å²) in [6.07, 6.45) is -6.38. The molecule has 0 aromatic carbocycles. The van der Waals surface area contributed by atoms with Crippen LogP contribution in [0.25, 0.3) is 0 Å². The minimum absolute atomic E-state index is 0.187. The standard InChI is InChI=1S/C22H33NO13/c1-11(24)23-18-16(34-13(3)26)10-22(32-7,21(29)31-6)36-20(18)19(35-14(4)27)15(33-12(2)25)8-9-17(28)30-5/h15-16,18-20H,8-10H2,1-7H3,(H,23,24)/t15-,16+,18-,19-,20-,22+/m1/s1. The Morgan fingerprint density at radius 3 is 1.97 bits per heavy atom. The molecule has 1 amide bonds. The van der Waals surface area contributed by atoms with Crippen molar-refractivity contribution in [2.24, 2.45) is 0 Å². The van der Waals surface area contributed by atoms with Gasteiger partial charge in [0.05, 0.1) is 26.7 Å². The van der Waals surface area contributed by atoms with Gasteiger partial charge in [-0.15, -0.1) is 0 Å². The second-order valence-electron chi connectivity index (χ2n) is 7.95. The summed E-state index contributed by atoms with van der Waals surface area (Å²) < 4.78 is 36.9. The van der Waals surface area contributed by atoms with Gasteiger partial charge in [-0.25, -0.2) is 4.79 Å². The van der Waals surface area contributed by atoms with Crippen LogP contribution in [-0.4, -0.2) is 93.3 Å². The summed E-state index contributed by atoms with van der Waals surface area (Å²) in [5, 5.41) is 2.57. The van der Waals surface area contributed by atoms with Crippen molar-refractivity contribution >= 4 is 35.8 Å². The van der Waals surface area contributed by atoms with E-state index in [1.807, 2.05) is 0 Å². The van der Waals surface area contributed by atoms with Crippen LogP contribution in [0.1, 0.15) is 47.0 Å². The fourth-order valence-electron chi connectivity index (χ4n) is 3.87. The lowest BCUT2D eigenvalue weighted by Crippen LogP contribution is -2.68. The molecular weight excluding hydrogens is 486 g/mol. The second-order valence-corrected chi connectivity index (χ2v) is 7.95. The van der Waals surface area contributed by atoms with Gasteiger partial charge in [0.1, 0.15) is 18.3 Å². The zero-order valence-electron chi connectivity index (χ0n) is 21.3. The first-order valence-electron chi connectivity index (χ1n) is 11.0. The van der Waals surface area contributed by atoms with Gasteiger partial charge in [0.15, 0.2) is 6.10 Å². The molecule has 6 atom stereocenters. The van der Waals surface area contributed by atoms with Crippen molar-refractivity contribution in [1.82, 2.24) is 5.32 Å². The molecule has 1 aliphatic rings. The highest BCUT2D eigenvalue weighted by molar-refractivity contribution is 5.79. The average Bonchev–Trinajstić information content (AvgIpc) is 2.79. The lowest BCUT2D eigenvalue weighted by Gasteiger charge is -2.48. The Bertz CT molecular complexity index is 844. The van der Waals surface area contributed by atoms with Crippen LogP contribution < -0.4 is 5.32 Å². The van der Waals surface area contributed by atoms with Crippen LogP contribution in [0.5, 0.6) is 0 Å². The van der Waals surface area contributed by atoms with Gasteiger partial charge in [0, 0.05) is 41.2 Å². The molecule has 1 heterocycles. The van der Waals surface area contributed by atoms with Gasteiger partial charge in [0.2, 0.25) is 5.91 Å². The topological polar surface area (TPSA) is 179 Å². The van der Waals surface area contributed by atoms with Crippen molar-refractivity contribution in [3.63, 3.8) is 0 Å². The molecule has 0 radical (unpaired) electrons. The minimum atomic E-state index is -2.16. The Morgan fingerprint density at radius 1 is 0.917 bits per heavy atom.